The van der Waals surface area contributed by atoms with Crippen molar-refractivity contribution in [1.29, 1.82) is 0 Å². The van der Waals surface area contributed by atoms with Crippen LogP contribution < -0.4 is 15.6 Å². The molecule has 4 aromatic rings. The molecule has 2 N–H and O–H groups in total. The quantitative estimate of drug-likeness (QED) is 0.107. The first kappa shape index (κ1) is 54.9. The number of oxazole rings is 1. The van der Waals surface area contributed by atoms with E-state index < -0.39 is 90.1 Å². The zero-order valence-electron chi connectivity index (χ0n) is 43.9. The highest BCUT2D eigenvalue weighted by atomic mass is 19.4. The number of hydrogen-bond acceptors (Lipinski definition) is 13. The second-order valence-corrected chi connectivity index (χ2v) is 21.5. The first-order valence-corrected chi connectivity index (χ1v) is 25.5. The number of nitrogens with one attached hydrogen (secondary N) is 2. The number of cyclic esters (lactones) is 1. The third-order valence-electron chi connectivity index (χ3n) is 14.8. The van der Waals surface area contributed by atoms with Crippen molar-refractivity contribution in [2.24, 2.45) is 11.3 Å². The molecule has 8 rings (SSSR count). The molecule has 0 aliphatic carbocycles. The monoisotopic (exact) mass is 1050 g/mol. The molecule has 0 saturated carbocycles. The summed E-state index contributed by atoms with van der Waals surface area (Å²) in [6.45, 7) is 13.4. The molecule has 1 aromatic carbocycles. The lowest BCUT2D eigenvalue weighted by Crippen LogP contribution is -2.62. The molecule has 5 atom stereocenters. The average Bonchev–Trinajstić information content (AvgIpc) is 4.10. The van der Waals surface area contributed by atoms with Crippen LogP contribution in [0.4, 0.5) is 23.2 Å². The zero-order valence-corrected chi connectivity index (χ0v) is 43.9. The lowest BCUT2D eigenvalue weighted by atomic mass is 9.84. The van der Waals surface area contributed by atoms with E-state index in [1.54, 1.807) is 45.2 Å². The molecule has 18 nitrogen and oxygen atoms in total. The van der Waals surface area contributed by atoms with Crippen LogP contribution in [-0.4, -0.2) is 167 Å². The molecule has 0 unspecified atom stereocenters. The van der Waals surface area contributed by atoms with Crippen LogP contribution in [0, 0.1) is 11.3 Å². The Morgan fingerprint density at radius 2 is 1.79 bits per heavy atom. The number of alkyl halides is 4. The van der Waals surface area contributed by atoms with Gasteiger partial charge >= 0.3 is 12.1 Å². The Balaban J connectivity index is 1.22. The molecule has 3 aromatic heterocycles. The summed E-state index contributed by atoms with van der Waals surface area (Å²) in [5, 5.41) is 4.49. The van der Waals surface area contributed by atoms with Crippen LogP contribution >= 0.6 is 0 Å². The number of carbonyl (C=O) groups excluding carboxylic acids is 5. The van der Waals surface area contributed by atoms with E-state index in [0.717, 1.165) is 29.8 Å². The summed E-state index contributed by atoms with van der Waals surface area (Å²) in [4.78, 5) is 85.2. The van der Waals surface area contributed by atoms with Crippen LogP contribution in [0.2, 0.25) is 0 Å². The van der Waals surface area contributed by atoms with E-state index in [1.165, 1.54) is 34.8 Å². The smallest absolute Gasteiger partial charge is 0.406 e. The predicted molar refractivity (Wildman–Crippen MR) is 270 cm³/mol. The van der Waals surface area contributed by atoms with E-state index in [4.69, 9.17) is 18.9 Å². The molecule has 4 aliphatic heterocycles. The Kier molecular flexibility index (Phi) is 15.9. The Morgan fingerprint density at radius 3 is 2.47 bits per heavy atom. The Hall–Kier alpha value is -6.39. The number of hydrazine groups is 1. The van der Waals surface area contributed by atoms with Crippen molar-refractivity contribution in [3.63, 3.8) is 0 Å². The van der Waals surface area contributed by atoms with Crippen molar-refractivity contribution < 1.29 is 55.4 Å². The largest absolute Gasteiger partial charge is 0.464 e. The number of amides is 4. The molecule has 4 aliphatic rings. The number of methoxy groups -OCH3 is 1. The highest BCUT2D eigenvalue weighted by Crippen LogP contribution is 2.44. The lowest BCUT2D eigenvalue weighted by molar-refractivity contribution is -0.155. The van der Waals surface area contributed by atoms with Crippen molar-refractivity contribution >= 4 is 46.2 Å². The molecule has 0 spiro atoms. The van der Waals surface area contributed by atoms with Crippen LogP contribution in [0.15, 0.2) is 53.7 Å². The normalized spacial score (nSPS) is 22.7. The number of halogens is 4. The number of carbonyl (C=O) groups is 5. The number of anilines is 1. The first-order chi connectivity index (χ1) is 35.4. The number of likely N-dealkylation sites (N-methyl/N-ethyl adjacent to an activating group) is 2. The number of benzene rings is 1. The van der Waals surface area contributed by atoms with Crippen LogP contribution in [0.1, 0.15) is 77.1 Å². The third-order valence-corrected chi connectivity index (χ3v) is 14.8. The molecular formula is C53H68F4N10O8. The molecule has 7 heterocycles. The van der Waals surface area contributed by atoms with Gasteiger partial charge in [0.25, 0.3) is 11.8 Å². The minimum Gasteiger partial charge on any atom is -0.464 e. The summed E-state index contributed by atoms with van der Waals surface area (Å²) in [5.41, 5.74) is 2.84. The summed E-state index contributed by atoms with van der Waals surface area (Å²) < 4.78 is 80.8. The number of aromatic nitrogens is 3. The molecule has 4 amide bonds. The maximum Gasteiger partial charge on any atom is 0.406 e. The van der Waals surface area contributed by atoms with Crippen LogP contribution in [0.5, 0.6) is 0 Å². The molecule has 22 heteroatoms. The lowest BCUT2D eigenvalue weighted by Gasteiger charge is -2.37. The molecule has 3 fully saturated rings. The number of pyridine rings is 1. The number of hydrogen-bond donors (Lipinski definition) is 2. The molecule has 3 saturated heterocycles. The van der Waals surface area contributed by atoms with Crippen LogP contribution in [0.25, 0.3) is 33.5 Å². The minimum atomic E-state index is -4.66. The molecular weight excluding hydrogens is 981 g/mol. The zero-order chi connectivity index (χ0) is 54.3. The van der Waals surface area contributed by atoms with Gasteiger partial charge in [-0.2, -0.15) is 13.2 Å². The molecule has 75 heavy (non-hydrogen) atoms. The summed E-state index contributed by atoms with van der Waals surface area (Å²) in [6.07, 6.45) is -0.879. The highest BCUT2D eigenvalue weighted by molar-refractivity contribution is 5.97. The van der Waals surface area contributed by atoms with Crippen molar-refractivity contribution in [2.45, 2.75) is 109 Å². The highest BCUT2D eigenvalue weighted by Gasteiger charge is 2.50. The van der Waals surface area contributed by atoms with Gasteiger partial charge in [0.1, 0.15) is 24.7 Å². The topological polar surface area (TPSA) is 188 Å². The Labute approximate surface area is 433 Å². The predicted octanol–water partition coefficient (Wildman–Crippen LogP) is 5.64. The second-order valence-electron chi connectivity index (χ2n) is 21.5. The fraction of sp³-hybridized carbons (Fsp3) is 0.566. The Bertz CT molecular complexity index is 2820. The number of nitrogens with zero attached hydrogens (tertiary/aromatic N) is 8. The van der Waals surface area contributed by atoms with Crippen molar-refractivity contribution in [2.75, 3.05) is 78.5 Å². The summed E-state index contributed by atoms with van der Waals surface area (Å²) >= 11 is 0. The van der Waals surface area contributed by atoms with Crippen molar-refractivity contribution in [1.82, 2.24) is 45.0 Å². The number of ether oxygens (including phenoxy) is 2. The van der Waals surface area contributed by atoms with Gasteiger partial charge in [0.2, 0.25) is 17.5 Å². The fourth-order valence-corrected chi connectivity index (χ4v) is 10.7. The number of fused-ring (bicyclic) bond motifs is 6. The van der Waals surface area contributed by atoms with Gasteiger partial charge in [-0.05, 0) is 75.1 Å². The number of esters is 1. The summed E-state index contributed by atoms with van der Waals surface area (Å²) in [6, 6.07) is 3.18. The summed E-state index contributed by atoms with van der Waals surface area (Å²) in [7, 11) is 4.85. The van der Waals surface area contributed by atoms with Gasteiger partial charge < -0.3 is 43.4 Å². The van der Waals surface area contributed by atoms with E-state index in [9.17, 15) is 24.0 Å². The van der Waals surface area contributed by atoms with E-state index in [1.807, 2.05) is 27.0 Å². The standard InChI is InChI=1S/C53H68F4N10O8/c1-10-43(68)65-17-15-52(54,28-65)50(72)63(8)45(31(2)3)47(69)60-39-24-42-58-27-41(75-42)33-13-14-40-35(22-33)37(25-51(5,6)30-74-49(71)38-12-11-16-67(61-38)48(39)70)46(66(40)29-53(55,56)57)36-23-34(26-59-44(36)32(4)73-9)64-20-18-62(7)19-21-64/h10,13-14,22-23,26-27,31-32,38-39,45,61H,1,11-12,15-21,24-25,28-30H2,2-9H3,(H,60,69)/t32-,38-,39-,45-,52+/m0/s1. The van der Waals surface area contributed by atoms with Gasteiger partial charge in [-0.25, -0.2) is 14.8 Å². The maximum absolute atomic E-state index is 16.3. The summed E-state index contributed by atoms with van der Waals surface area (Å²) in [5.74, 6) is -4.01. The van der Waals surface area contributed by atoms with Gasteiger partial charge in [-0.15, -0.1) is 0 Å². The molecule has 0 radical (unpaired) electrons. The third kappa shape index (κ3) is 11.7. The van der Waals surface area contributed by atoms with Gasteiger partial charge in [0.05, 0.1) is 55.1 Å². The number of rotatable bonds is 11. The van der Waals surface area contributed by atoms with Crippen LogP contribution in [-0.2, 0) is 52.8 Å². The van der Waals surface area contributed by atoms with Gasteiger partial charge in [-0.1, -0.05) is 34.3 Å². The van der Waals surface area contributed by atoms with Crippen LogP contribution in [0.3, 0.4) is 0 Å². The maximum atomic E-state index is 16.3. The number of piperazine rings is 1. The Morgan fingerprint density at radius 1 is 1.05 bits per heavy atom. The number of likely N-dealkylation sites (tertiary alicyclic amines) is 1. The van der Waals surface area contributed by atoms with Crippen molar-refractivity contribution in [3.05, 3.63) is 66.5 Å². The van der Waals surface area contributed by atoms with Gasteiger partial charge in [0, 0.05) is 87.3 Å². The second kappa shape index (κ2) is 21.7. The van der Waals surface area contributed by atoms with Gasteiger partial charge in [-0.3, -0.25) is 34.0 Å². The molecule has 6 bridgehead atoms. The van der Waals surface area contributed by atoms with Crippen molar-refractivity contribution in [3.8, 4) is 22.6 Å². The van der Waals surface area contributed by atoms with E-state index in [0.29, 0.717) is 53.7 Å². The first-order valence-electron chi connectivity index (χ1n) is 25.5. The fourth-order valence-electron chi connectivity index (χ4n) is 10.7. The van der Waals surface area contributed by atoms with E-state index >= 15 is 17.6 Å². The molecule has 406 valence electrons. The SMILES string of the molecule is C=CC(=O)N1CC[C@](F)(C(=O)N(C)[C@H](C(=O)N[C@H]2Cc3ncc(o3)-c3ccc4c(c3)c(c(-c3cc(N5CCN(C)CC5)cnc3[C@H](C)OC)n4CC(F)(F)F)CC(C)(C)COC(=O)[C@@H]3CCCN(N3)C2=O)C(C)C)C1. The van der Waals surface area contributed by atoms with Gasteiger partial charge in [0.15, 0.2) is 11.7 Å². The van der Waals surface area contributed by atoms with E-state index in [2.05, 4.69) is 32.1 Å². The average molecular weight is 1050 g/mol. The van der Waals surface area contributed by atoms with E-state index in [-0.39, 0.29) is 61.8 Å². The minimum absolute atomic E-state index is 0.00526.